The number of carbonyl (C=O) groups is 1. The SMILES string of the molecule is COC(=O)N1CC[C@@]2(O)CCCC[C@H]2[C@@H]1c1ccccc1OC. The summed E-state index contributed by atoms with van der Waals surface area (Å²) < 4.78 is 10.5. The smallest absolute Gasteiger partial charge is 0.410 e. The lowest BCUT2D eigenvalue weighted by Crippen LogP contribution is -2.56. The molecule has 5 heteroatoms. The second kappa shape index (κ2) is 6.40. The Hall–Kier alpha value is -1.75. The average Bonchev–Trinajstić information content (AvgIpc) is 2.59. The molecule has 0 aromatic heterocycles. The van der Waals surface area contributed by atoms with E-state index in [4.69, 9.17) is 9.47 Å². The van der Waals surface area contributed by atoms with Crippen molar-refractivity contribution in [3.05, 3.63) is 29.8 Å². The van der Waals surface area contributed by atoms with E-state index in [1.165, 1.54) is 7.11 Å². The van der Waals surface area contributed by atoms with Crippen molar-refractivity contribution in [1.29, 1.82) is 0 Å². The first-order valence-corrected chi connectivity index (χ1v) is 8.30. The number of ether oxygens (including phenoxy) is 2. The van der Waals surface area contributed by atoms with Gasteiger partial charge in [-0.2, -0.15) is 0 Å². The van der Waals surface area contributed by atoms with Crippen molar-refractivity contribution in [2.24, 2.45) is 5.92 Å². The zero-order valence-electron chi connectivity index (χ0n) is 13.8. The Balaban J connectivity index is 2.06. The molecule has 0 radical (unpaired) electrons. The van der Waals surface area contributed by atoms with Gasteiger partial charge in [0.2, 0.25) is 0 Å². The largest absolute Gasteiger partial charge is 0.496 e. The molecule has 1 N–H and O–H groups in total. The number of likely N-dealkylation sites (tertiary alicyclic amines) is 1. The van der Waals surface area contributed by atoms with E-state index in [9.17, 15) is 9.90 Å². The van der Waals surface area contributed by atoms with E-state index in [-0.39, 0.29) is 18.1 Å². The van der Waals surface area contributed by atoms with Gasteiger partial charge in [-0.3, -0.25) is 0 Å². The van der Waals surface area contributed by atoms with Gasteiger partial charge in [0, 0.05) is 18.0 Å². The third kappa shape index (κ3) is 2.78. The Morgan fingerprint density at radius 3 is 2.78 bits per heavy atom. The maximum Gasteiger partial charge on any atom is 0.410 e. The summed E-state index contributed by atoms with van der Waals surface area (Å²) in [7, 11) is 3.04. The Morgan fingerprint density at radius 2 is 2.04 bits per heavy atom. The molecule has 2 fully saturated rings. The van der Waals surface area contributed by atoms with Gasteiger partial charge in [0.25, 0.3) is 0 Å². The molecule has 0 bridgehead atoms. The molecule has 0 spiro atoms. The zero-order valence-corrected chi connectivity index (χ0v) is 13.8. The highest BCUT2D eigenvalue weighted by molar-refractivity contribution is 5.69. The van der Waals surface area contributed by atoms with Crippen molar-refractivity contribution in [2.75, 3.05) is 20.8 Å². The van der Waals surface area contributed by atoms with Crippen molar-refractivity contribution in [2.45, 2.75) is 43.7 Å². The number of piperidine rings is 1. The molecule has 1 saturated heterocycles. The summed E-state index contributed by atoms with van der Waals surface area (Å²) in [5, 5.41) is 11.1. The van der Waals surface area contributed by atoms with Crippen molar-refractivity contribution >= 4 is 6.09 Å². The van der Waals surface area contributed by atoms with Gasteiger partial charge in [0.15, 0.2) is 0 Å². The third-order valence-corrected chi connectivity index (χ3v) is 5.43. The molecule has 2 aliphatic rings. The number of hydrogen-bond acceptors (Lipinski definition) is 4. The molecule has 3 atom stereocenters. The molecule has 0 unspecified atom stereocenters. The summed E-state index contributed by atoms with van der Waals surface area (Å²) in [5.41, 5.74) is 0.249. The number of aliphatic hydroxyl groups is 1. The normalized spacial score (nSPS) is 30.5. The van der Waals surface area contributed by atoms with E-state index >= 15 is 0 Å². The molecule has 1 aliphatic heterocycles. The van der Waals surface area contributed by atoms with E-state index in [0.29, 0.717) is 13.0 Å². The first-order chi connectivity index (χ1) is 11.1. The molecule has 3 rings (SSSR count). The summed E-state index contributed by atoms with van der Waals surface area (Å²) in [5.74, 6) is 0.765. The maximum absolute atomic E-state index is 12.3. The zero-order chi connectivity index (χ0) is 16.4. The van der Waals surface area contributed by atoms with Gasteiger partial charge in [0.05, 0.1) is 25.9 Å². The molecule has 1 aliphatic carbocycles. The quantitative estimate of drug-likeness (QED) is 0.910. The lowest BCUT2D eigenvalue weighted by molar-refractivity contribution is -0.118. The minimum atomic E-state index is -0.700. The van der Waals surface area contributed by atoms with Crippen LogP contribution in [0.1, 0.15) is 43.7 Å². The van der Waals surface area contributed by atoms with Crippen molar-refractivity contribution in [3.63, 3.8) is 0 Å². The molecular weight excluding hydrogens is 294 g/mol. The van der Waals surface area contributed by atoms with Gasteiger partial charge in [-0.1, -0.05) is 31.0 Å². The van der Waals surface area contributed by atoms with Gasteiger partial charge in [-0.05, 0) is 25.3 Å². The van der Waals surface area contributed by atoms with Crippen LogP contribution < -0.4 is 4.74 Å². The molecule has 1 saturated carbocycles. The maximum atomic E-state index is 12.3. The number of amides is 1. The second-order valence-electron chi connectivity index (χ2n) is 6.56. The summed E-state index contributed by atoms with van der Waals surface area (Å²) in [6.07, 6.45) is 4.11. The van der Waals surface area contributed by atoms with Crippen LogP contribution in [0, 0.1) is 5.92 Å². The number of hydrogen-bond donors (Lipinski definition) is 1. The standard InChI is InChI=1S/C18H25NO4/c1-22-15-9-4-3-7-13(15)16-14-8-5-6-10-18(14,21)11-12-19(16)17(20)23-2/h3-4,7,9,14,16,21H,5-6,8,10-12H2,1-2H3/t14-,16-,18-/m0/s1. The molecule has 5 nitrogen and oxygen atoms in total. The predicted octanol–water partition coefficient (Wildman–Crippen LogP) is 3.13. The summed E-state index contributed by atoms with van der Waals surface area (Å²) >= 11 is 0. The molecule has 1 amide bonds. The fourth-order valence-electron chi connectivity index (χ4n) is 4.30. The van der Waals surface area contributed by atoms with E-state index in [1.807, 2.05) is 24.3 Å². The van der Waals surface area contributed by atoms with Crippen molar-refractivity contribution in [1.82, 2.24) is 4.90 Å². The van der Waals surface area contributed by atoms with E-state index in [1.54, 1.807) is 12.0 Å². The van der Waals surface area contributed by atoms with Gasteiger partial charge >= 0.3 is 6.09 Å². The molecule has 23 heavy (non-hydrogen) atoms. The minimum absolute atomic E-state index is 0.0143. The summed E-state index contributed by atoms with van der Waals surface area (Å²) in [4.78, 5) is 14.1. The number of methoxy groups -OCH3 is 2. The van der Waals surface area contributed by atoms with Crippen LogP contribution in [0.3, 0.4) is 0 Å². The fraction of sp³-hybridized carbons (Fsp3) is 0.611. The highest BCUT2D eigenvalue weighted by atomic mass is 16.5. The molecule has 1 heterocycles. The molecular formula is C18H25NO4. The molecule has 126 valence electrons. The van der Waals surface area contributed by atoms with Gasteiger partial charge in [-0.15, -0.1) is 0 Å². The number of rotatable bonds is 2. The van der Waals surface area contributed by atoms with Gasteiger partial charge < -0.3 is 19.5 Å². The second-order valence-corrected chi connectivity index (χ2v) is 6.56. The first kappa shape index (κ1) is 16.1. The predicted molar refractivity (Wildman–Crippen MR) is 86.4 cm³/mol. The number of fused-ring (bicyclic) bond motifs is 1. The van der Waals surface area contributed by atoms with Crippen LogP contribution in [0.5, 0.6) is 5.75 Å². The van der Waals surface area contributed by atoms with Crippen LogP contribution in [0.4, 0.5) is 4.79 Å². The minimum Gasteiger partial charge on any atom is -0.496 e. The Kier molecular flexibility index (Phi) is 4.48. The monoisotopic (exact) mass is 319 g/mol. The highest BCUT2D eigenvalue weighted by Gasteiger charge is 2.51. The van der Waals surface area contributed by atoms with Crippen molar-refractivity contribution in [3.8, 4) is 5.75 Å². The van der Waals surface area contributed by atoms with Crippen molar-refractivity contribution < 1.29 is 19.4 Å². The number of nitrogens with zero attached hydrogens (tertiary/aromatic N) is 1. The fourth-order valence-corrected chi connectivity index (χ4v) is 4.30. The van der Waals surface area contributed by atoms with E-state index in [0.717, 1.165) is 37.0 Å². The van der Waals surface area contributed by atoms with Crippen LogP contribution in [0.15, 0.2) is 24.3 Å². The summed E-state index contributed by atoms with van der Waals surface area (Å²) in [6, 6.07) is 7.55. The van der Waals surface area contributed by atoms with Crippen LogP contribution in [0.2, 0.25) is 0 Å². The number of carbonyl (C=O) groups excluding carboxylic acids is 1. The lowest BCUT2D eigenvalue weighted by atomic mass is 9.66. The van der Waals surface area contributed by atoms with E-state index in [2.05, 4.69) is 0 Å². The van der Waals surface area contributed by atoms with Gasteiger partial charge in [-0.25, -0.2) is 4.79 Å². The summed E-state index contributed by atoms with van der Waals surface area (Å²) in [6.45, 7) is 0.502. The van der Waals surface area contributed by atoms with E-state index < -0.39 is 5.60 Å². The lowest BCUT2D eigenvalue weighted by Gasteiger charge is -2.52. The van der Waals surface area contributed by atoms with Crippen LogP contribution in [0.25, 0.3) is 0 Å². The van der Waals surface area contributed by atoms with Crippen LogP contribution >= 0.6 is 0 Å². The average molecular weight is 319 g/mol. The number of benzene rings is 1. The topological polar surface area (TPSA) is 59.0 Å². The first-order valence-electron chi connectivity index (χ1n) is 8.30. The highest BCUT2D eigenvalue weighted by Crippen LogP contribution is 2.50. The Bertz CT molecular complexity index is 576. The van der Waals surface area contributed by atoms with Gasteiger partial charge in [0.1, 0.15) is 5.75 Å². The molecule has 1 aromatic carbocycles. The number of para-hydroxylation sites is 1. The molecule has 1 aromatic rings. The third-order valence-electron chi connectivity index (χ3n) is 5.43. The van der Waals surface area contributed by atoms with Crippen LogP contribution in [-0.2, 0) is 4.74 Å². The Morgan fingerprint density at radius 1 is 1.26 bits per heavy atom. The Labute approximate surface area is 137 Å². The van der Waals surface area contributed by atoms with Crippen LogP contribution in [-0.4, -0.2) is 42.5 Å².